The number of rotatable bonds is 16. The molecule has 0 aromatic heterocycles. The highest BCUT2D eigenvalue weighted by Crippen LogP contribution is 2.47. The molecular weight excluding hydrogens is 715 g/mol. The fourth-order valence-electron chi connectivity index (χ4n) is 9.16. The summed E-state index contributed by atoms with van der Waals surface area (Å²) in [4.78, 5) is 18.5. The molecule has 6 rings (SSSR count). The molecule has 2 aromatic rings. The van der Waals surface area contributed by atoms with Crippen molar-refractivity contribution in [3.05, 3.63) is 70.3 Å². The predicted molar refractivity (Wildman–Crippen MR) is 227 cm³/mol. The molecule has 9 nitrogen and oxygen atoms in total. The molecule has 2 aromatic carbocycles. The van der Waals surface area contributed by atoms with Gasteiger partial charge in [0.15, 0.2) is 23.2 Å². The summed E-state index contributed by atoms with van der Waals surface area (Å²) in [5, 5.41) is 32.3. The highest BCUT2D eigenvalue weighted by Gasteiger charge is 2.36. The van der Waals surface area contributed by atoms with Gasteiger partial charge in [-0.25, -0.2) is 4.99 Å². The summed E-state index contributed by atoms with van der Waals surface area (Å²) in [6.07, 6.45) is 11.8. The molecule has 7 N–H and O–H groups in total. The number of aromatic hydroxyl groups is 1. The fourth-order valence-corrected chi connectivity index (χ4v) is 9.16. The second kappa shape index (κ2) is 22.0. The molecule has 1 fully saturated rings. The zero-order valence-corrected chi connectivity index (χ0v) is 34.3. The van der Waals surface area contributed by atoms with Gasteiger partial charge in [0.25, 0.3) is 0 Å². The monoisotopic (exact) mass is 779 g/mol. The van der Waals surface area contributed by atoms with E-state index in [4.69, 9.17) is 25.9 Å². The molecule has 0 heterocycles. The van der Waals surface area contributed by atoms with Crippen LogP contribution < -0.4 is 16.2 Å². The summed E-state index contributed by atoms with van der Waals surface area (Å²) in [6, 6.07) is 11.9. The van der Waals surface area contributed by atoms with Gasteiger partial charge in [-0.15, -0.1) is 5.92 Å². The number of methoxy groups -OCH3 is 1. The van der Waals surface area contributed by atoms with E-state index in [0.29, 0.717) is 56.0 Å². The Labute approximate surface area is 340 Å². The lowest BCUT2D eigenvalue weighted by Gasteiger charge is -2.33. The molecule has 0 amide bonds. The molecule has 0 radical (unpaired) electrons. The van der Waals surface area contributed by atoms with Gasteiger partial charge < -0.3 is 36.3 Å². The lowest BCUT2D eigenvalue weighted by atomic mass is 9.73. The number of hydrogen-bond donors (Lipinski definition) is 5. The van der Waals surface area contributed by atoms with Crippen molar-refractivity contribution in [3.8, 4) is 35.2 Å². The Morgan fingerprint density at radius 2 is 1.82 bits per heavy atom. The van der Waals surface area contributed by atoms with E-state index in [1.165, 1.54) is 0 Å². The maximum atomic E-state index is 13.7. The van der Waals surface area contributed by atoms with Gasteiger partial charge in [-0.2, -0.15) is 0 Å². The highest BCUT2D eigenvalue weighted by atomic mass is 16.5. The molecule has 7 unspecified atom stereocenters. The van der Waals surface area contributed by atoms with E-state index in [0.717, 1.165) is 73.6 Å². The average Bonchev–Trinajstić information content (AvgIpc) is 3.72. The van der Waals surface area contributed by atoms with E-state index in [2.05, 4.69) is 42.7 Å². The highest BCUT2D eigenvalue weighted by molar-refractivity contribution is 5.90. The van der Waals surface area contributed by atoms with Gasteiger partial charge in [-0.1, -0.05) is 61.9 Å². The van der Waals surface area contributed by atoms with Crippen molar-refractivity contribution in [1.82, 2.24) is 0 Å². The third-order valence-electron chi connectivity index (χ3n) is 12.3. The Morgan fingerprint density at radius 3 is 2.51 bits per heavy atom. The number of carbonyl (C=O) groups is 1. The number of aliphatic hydroxyl groups excluding tert-OH is 2. The minimum Gasteiger partial charge on any atom is -0.504 e. The number of phenols is 1. The van der Waals surface area contributed by atoms with E-state index in [1.54, 1.807) is 13.2 Å². The van der Waals surface area contributed by atoms with E-state index in [9.17, 15) is 20.1 Å². The number of fused-ring (bicyclic) bond motifs is 8. The van der Waals surface area contributed by atoms with Crippen molar-refractivity contribution < 1.29 is 29.6 Å². The lowest BCUT2D eigenvalue weighted by molar-refractivity contribution is -0.114. The van der Waals surface area contributed by atoms with E-state index in [-0.39, 0.29) is 78.9 Å². The quantitative estimate of drug-likeness (QED) is 0.0529. The molecule has 7 atom stereocenters. The van der Waals surface area contributed by atoms with Crippen LogP contribution in [0.15, 0.2) is 53.0 Å². The van der Waals surface area contributed by atoms with Crippen molar-refractivity contribution in [2.75, 3.05) is 26.9 Å². The van der Waals surface area contributed by atoms with E-state index < -0.39 is 0 Å². The van der Waals surface area contributed by atoms with Crippen LogP contribution in [0.5, 0.6) is 11.5 Å². The number of aliphatic imine (C=N–C) groups is 1. The first-order valence-corrected chi connectivity index (χ1v) is 21.3. The van der Waals surface area contributed by atoms with Crippen LogP contribution in [0.3, 0.4) is 0 Å². The summed E-state index contributed by atoms with van der Waals surface area (Å²) < 4.78 is 12.6. The van der Waals surface area contributed by atoms with Crippen LogP contribution in [0.4, 0.5) is 0 Å². The summed E-state index contributed by atoms with van der Waals surface area (Å²) >= 11 is 0. The molecule has 9 heteroatoms. The zero-order chi connectivity index (χ0) is 40.7. The maximum Gasteiger partial charge on any atom is 0.186 e. The van der Waals surface area contributed by atoms with Gasteiger partial charge in [0.1, 0.15) is 0 Å². The standard InChI is InChI=1S/C48H65N3O6/c1-4-34(25-26-52)38(30-53)28-39(54)20-18-36-29-45(57-40-15-8-9-16-40)47(55)46-42(36)23-22-41-35(27-33-12-6-5-7-13-33)14-10-11-32(2)17-21-43(46)37(31-56-3)19-24-44(41)51-48(49)50/h5-7,12-13,28-29,32,34-35,37,40-41,43-44,52-53,55H,4,8-9,11,15-21,24-27,30-31H2,1-3H3,(H4,49,50,51). The van der Waals surface area contributed by atoms with Crippen LogP contribution in [-0.4, -0.2) is 66.1 Å². The maximum absolute atomic E-state index is 13.7. The number of benzene rings is 2. The van der Waals surface area contributed by atoms with Crippen LogP contribution in [0.2, 0.25) is 0 Å². The number of guanidine groups is 1. The smallest absolute Gasteiger partial charge is 0.186 e. The van der Waals surface area contributed by atoms with Crippen molar-refractivity contribution in [1.29, 1.82) is 0 Å². The predicted octanol–water partition coefficient (Wildman–Crippen LogP) is 6.97. The number of aryl methyl sites for hydroxylation is 1. The van der Waals surface area contributed by atoms with Crippen LogP contribution in [0.25, 0.3) is 0 Å². The number of nitrogens with zero attached hydrogens (tertiary/aromatic N) is 1. The van der Waals surface area contributed by atoms with Crippen LogP contribution in [0, 0.1) is 53.3 Å². The molecule has 4 aliphatic rings. The number of carbonyl (C=O) groups excluding carboxylic acids is 1. The Kier molecular flexibility index (Phi) is 16.9. The summed E-state index contributed by atoms with van der Waals surface area (Å²) in [6.45, 7) is 4.45. The van der Waals surface area contributed by atoms with Crippen molar-refractivity contribution in [2.45, 2.75) is 122 Å². The minimum absolute atomic E-state index is 0.00195. The second-order valence-corrected chi connectivity index (χ2v) is 16.5. The molecular formula is C48H65N3O6. The zero-order valence-electron chi connectivity index (χ0n) is 34.3. The van der Waals surface area contributed by atoms with Gasteiger partial charge in [0.2, 0.25) is 0 Å². The van der Waals surface area contributed by atoms with Gasteiger partial charge in [-0.3, -0.25) is 4.79 Å². The topological polar surface area (TPSA) is 161 Å². The second-order valence-electron chi connectivity index (χ2n) is 16.5. The number of allylic oxidation sites excluding steroid dienone is 1. The molecule has 57 heavy (non-hydrogen) atoms. The Balaban J connectivity index is 1.74. The van der Waals surface area contributed by atoms with Gasteiger partial charge in [0.05, 0.1) is 24.7 Å². The SMILES string of the molecule is CCC(CCO)C(=CC(=O)CCc1cc(OC2CCCC2)c(O)c2c1C#CC1C(Cc3ccccc3)C#CCC(C)CCC2C(COC)CCC1N=C(N)N)CO. The number of nitrogens with two attached hydrogens (primary N) is 2. The number of phenolic OH excluding ortho intramolecular Hbond substituents is 1. The third-order valence-corrected chi connectivity index (χ3v) is 12.3. The Morgan fingerprint density at radius 1 is 1.05 bits per heavy atom. The number of aliphatic hydroxyl groups is 2. The Bertz CT molecular complexity index is 1810. The molecule has 2 bridgehead atoms. The number of ether oxygens (including phenoxy) is 2. The van der Waals surface area contributed by atoms with Gasteiger partial charge >= 0.3 is 0 Å². The Hall–Kier alpha value is -4.28. The van der Waals surface area contributed by atoms with Gasteiger partial charge in [0, 0.05) is 50.2 Å². The molecule has 308 valence electrons. The molecule has 0 spiro atoms. The van der Waals surface area contributed by atoms with E-state index >= 15 is 0 Å². The third kappa shape index (κ3) is 12.1. The molecule has 1 saturated carbocycles. The summed E-state index contributed by atoms with van der Waals surface area (Å²) in [5.74, 6) is 14.5. The van der Waals surface area contributed by atoms with Crippen molar-refractivity contribution in [3.63, 3.8) is 0 Å². The first-order chi connectivity index (χ1) is 27.6. The fraction of sp³-hybridized carbons (Fsp3) is 0.583. The lowest BCUT2D eigenvalue weighted by Crippen LogP contribution is -2.33. The molecule has 0 saturated heterocycles. The van der Waals surface area contributed by atoms with E-state index in [1.807, 2.05) is 31.2 Å². The largest absolute Gasteiger partial charge is 0.504 e. The first-order valence-electron chi connectivity index (χ1n) is 21.3. The van der Waals surface area contributed by atoms with Crippen molar-refractivity contribution >= 4 is 11.7 Å². The number of ketones is 1. The summed E-state index contributed by atoms with van der Waals surface area (Å²) in [7, 11) is 1.72. The minimum atomic E-state index is -0.345. The van der Waals surface area contributed by atoms with Crippen LogP contribution in [0.1, 0.15) is 119 Å². The van der Waals surface area contributed by atoms with Gasteiger partial charge in [-0.05, 0) is 130 Å². The normalized spacial score (nSPS) is 24.5. The van der Waals surface area contributed by atoms with Crippen LogP contribution >= 0.6 is 0 Å². The first kappa shape index (κ1) is 43.8. The van der Waals surface area contributed by atoms with Crippen LogP contribution in [-0.2, 0) is 22.4 Å². The summed E-state index contributed by atoms with van der Waals surface area (Å²) in [5.41, 5.74) is 16.4. The molecule has 0 aliphatic heterocycles. The average molecular weight is 780 g/mol. The molecule has 4 aliphatic carbocycles. The van der Waals surface area contributed by atoms with Crippen molar-refractivity contribution in [2.24, 2.45) is 46.0 Å². The number of hydrogen-bond acceptors (Lipinski definition) is 7.